The first-order valence-electron chi connectivity index (χ1n) is 4.28. The Morgan fingerprint density at radius 3 is 2.53 bits per heavy atom. The van der Waals surface area contributed by atoms with Crippen LogP contribution in [0.1, 0.15) is 5.56 Å². The Bertz CT molecular complexity index is 456. The second-order valence-electron chi connectivity index (χ2n) is 2.93. The highest BCUT2D eigenvalue weighted by Crippen LogP contribution is 2.21. The van der Waals surface area contributed by atoms with E-state index in [1.165, 1.54) is 18.0 Å². The summed E-state index contributed by atoms with van der Waals surface area (Å²) in [5.74, 6) is 0.395. The van der Waals surface area contributed by atoms with E-state index in [4.69, 9.17) is 5.73 Å². The fourth-order valence-corrected chi connectivity index (χ4v) is 1.60. The molecule has 0 saturated heterocycles. The second-order valence-corrected chi connectivity index (χ2v) is 3.91. The lowest BCUT2D eigenvalue weighted by Gasteiger charge is -1.99. The third-order valence-corrected chi connectivity index (χ3v) is 2.38. The summed E-state index contributed by atoms with van der Waals surface area (Å²) in [6.45, 7) is 1.94. The van der Waals surface area contributed by atoms with Crippen LogP contribution in [0.15, 0.2) is 35.0 Å². The highest BCUT2D eigenvalue weighted by Gasteiger charge is 2.01. The van der Waals surface area contributed by atoms with Gasteiger partial charge in [-0.3, -0.25) is 4.98 Å². The number of anilines is 1. The number of aromatic nitrogens is 4. The molecule has 0 aliphatic rings. The second kappa shape index (κ2) is 4.22. The molecule has 6 heteroatoms. The SMILES string of the molecule is Cc1cnc(Sc2cncc(N)n2)nc1. The molecule has 0 spiro atoms. The van der Waals surface area contributed by atoms with Crippen LogP contribution in [0.4, 0.5) is 5.82 Å². The van der Waals surface area contributed by atoms with Crippen molar-refractivity contribution >= 4 is 17.6 Å². The van der Waals surface area contributed by atoms with Crippen molar-refractivity contribution in [2.24, 2.45) is 0 Å². The van der Waals surface area contributed by atoms with Gasteiger partial charge < -0.3 is 5.73 Å². The van der Waals surface area contributed by atoms with Gasteiger partial charge in [0.2, 0.25) is 0 Å². The van der Waals surface area contributed by atoms with Gasteiger partial charge in [0.1, 0.15) is 10.8 Å². The van der Waals surface area contributed by atoms with Gasteiger partial charge in [-0.2, -0.15) is 0 Å². The van der Waals surface area contributed by atoms with Gasteiger partial charge in [-0.1, -0.05) is 0 Å². The summed E-state index contributed by atoms with van der Waals surface area (Å²) >= 11 is 1.33. The number of rotatable bonds is 2. The summed E-state index contributed by atoms with van der Waals surface area (Å²) in [5.41, 5.74) is 6.53. The van der Waals surface area contributed by atoms with E-state index >= 15 is 0 Å². The summed E-state index contributed by atoms with van der Waals surface area (Å²) in [4.78, 5) is 16.3. The summed E-state index contributed by atoms with van der Waals surface area (Å²) in [6.07, 6.45) is 6.65. The van der Waals surface area contributed by atoms with Crippen LogP contribution in [0.3, 0.4) is 0 Å². The maximum Gasteiger partial charge on any atom is 0.193 e. The van der Waals surface area contributed by atoms with E-state index < -0.39 is 0 Å². The van der Waals surface area contributed by atoms with Crippen molar-refractivity contribution in [1.82, 2.24) is 19.9 Å². The molecule has 0 aliphatic carbocycles. The number of hydrogen-bond acceptors (Lipinski definition) is 6. The summed E-state index contributed by atoms with van der Waals surface area (Å²) in [6, 6.07) is 0. The van der Waals surface area contributed by atoms with Crippen LogP contribution < -0.4 is 5.73 Å². The van der Waals surface area contributed by atoms with Crippen LogP contribution in [-0.4, -0.2) is 19.9 Å². The molecule has 0 fully saturated rings. The molecule has 0 saturated carbocycles. The Morgan fingerprint density at radius 2 is 1.87 bits per heavy atom. The topological polar surface area (TPSA) is 77.6 Å². The van der Waals surface area contributed by atoms with Crippen molar-refractivity contribution in [3.63, 3.8) is 0 Å². The van der Waals surface area contributed by atoms with E-state index in [-0.39, 0.29) is 0 Å². The van der Waals surface area contributed by atoms with Crippen LogP contribution in [0, 0.1) is 6.92 Å². The molecule has 0 bridgehead atoms. The van der Waals surface area contributed by atoms with E-state index in [0.29, 0.717) is 16.0 Å². The number of aryl methyl sites for hydroxylation is 1. The van der Waals surface area contributed by atoms with Crippen molar-refractivity contribution in [2.45, 2.75) is 17.1 Å². The molecular formula is C9H9N5S. The lowest BCUT2D eigenvalue weighted by molar-refractivity contribution is 0.942. The smallest absolute Gasteiger partial charge is 0.193 e. The fraction of sp³-hybridized carbons (Fsp3) is 0.111. The van der Waals surface area contributed by atoms with Gasteiger partial charge in [0.05, 0.1) is 12.4 Å². The van der Waals surface area contributed by atoms with E-state index in [1.807, 2.05) is 6.92 Å². The first-order valence-corrected chi connectivity index (χ1v) is 5.10. The summed E-state index contributed by atoms with van der Waals surface area (Å²) < 4.78 is 0. The summed E-state index contributed by atoms with van der Waals surface area (Å²) in [7, 11) is 0. The van der Waals surface area contributed by atoms with Crippen molar-refractivity contribution in [3.8, 4) is 0 Å². The monoisotopic (exact) mass is 219 g/mol. The molecule has 2 N–H and O–H groups in total. The number of nitrogens with two attached hydrogens (primary N) is 1. The molecule has 0 radical (unpaired) electrons. The Balaban J connectivity index is 2.18. The van der Waals surface area contributed by atoms with Gasteiger partial charge in [-0.25, -0.2) is 15.0 Å². The lowest BCUT2D eigenvalue weighted by atomic mass is 10.4. The Morgan fingerprint density at radius 1 is 1.13 bits per heavy atom. The minimum absolute atomic E-state index is 0.395. The molecule has 2 rings (SSSR count). The van der Waals surface area contributed by atoms with E-state index in [2.05, 4.69) is 19.9 Å². The molecule has 0 amide bonds. The zero-order chi connectivity index (χ0) is 10.7. The van der Waals surface area contributed by atoms with Crippen molar-refractivity contribution < 1.29 is 0 Å². The third-order valence-electron chi connectivity index (χ3n) is 1.58. The first-order chi connectivity index (χ1) is 7.24. The average molecular weight is 219 g/mol. The molecule has 5 nitrogen and oxygen atoms in total. The van der Waals surface area contributed by atoms with Gasteiger partial charge in [0.15, 0.2) is 5.16 Å². The Kier molecular flexibility index (Phi) is 2.77. The maximum absolute atomic E-state index is 5.51. The zero-order valence-corrected chi connectivity index (χ0v) is 8.90. The van der Waals surface area contributed by atoms with E-state index in [1.54, 1.807) is 18.6 Å². The standard InChI is InChI=1S/C9H9N5S/c1-6-2-12-9(13-3-6)15-8-5-11-4-7(10)14-8/h2-5H,1H3,(H2,10,14). The Hall–Kier alpha value is -1.69. The van der Waals surface area contributed by atoms with Gasteiger partial charge >= 0.3 is 0 Å². The predicted molar refractivity (Wildman–Crippen MR) is 57.3 cm³/mol. The van der Waals surface area contributed by atoms with Crippen LogP contribution in [0.2, 0.25) is 0 Å². The lowest BCUT2D eigenvalue weighted by Crippen LogP contribution is -1.93. The van der Waals surface area contributed by atoms with Gasteiger partial charge in [-0.15, -0.1) is 0 Å². The molecule has 0 atom stereocenters. The highest BCUT2D eigenvalue weighted by atomic mass is 32.2. The molecule has 2 aromatic heterocycles. The normalized spacial score (nSPS) is 10.2. The van der Waals surface area contributed by atoms with Gasteiger partial charge in [0.25, 0.3) is 0 Å². The first kappa shape index (κ1) is 9.85. The zero-order valence-electron chi connectivity index (χ0n) is 8.08. The number of nitrogen functional groups attached to an aromatic ring is 1. The molecule has 0 aliphatic heterocycles. The van der Waals surface area contributed by atoms with E-state index in [9.17, 15) is 0 Å². The maximum atomic E-state index is 5.51. The molecule has 0 aromatic carbocycles. The van der Waals surface area contributed by atoms with Crippen LogP contribution in [-0.2, 0) is 0 Å². The van der Waals surface area contributed by atoms with Crippen LogP contribution >= 0.6 is 11.8 Å². The molecule has 15 heavy (non-hydrogen) atoms. The average Bonchev–Trinajstić information content (AvgIpc) is 2.22. The van der Waals surface area contributed by atoms with E-state index in [0.717, 1.165) is 5.56 Å². The molecule has 76 valence electrons. The molecular weight excluding hydrogens is 210 g/mol. The fourth-order valence-electron chi connectivity index (χ4n) is 0.939. The van der Waals surface area contributed by atoms with Crippen molar-refractivity contribution in [3.05, 3.63) is 30.4 Å². The van der Waals surface area contributed by atoms with Crippen LogP contribution in [0.25, 0.3) is 0 Å². The largest absolute Gasteiger partial charge is 0.382 e. The predicted octanol–water partition coefficient (Wildman–Crippen LogP) is 1.31. The quantitative estimate of drug-likeness (QED) is 0.767. The van der Waals surface area contributed by atoms with Crippen molar-refractivity contribution in [2.75, 3.05) is 5.73 Å². The van der Waals surface area contributed by atoms with Gasteiger partial charge in [-0.05, 0) is 24.2 Å². The van der Waals surface area contributed by atoms with Gasteiger partial charge in [0, 0.05) is 12.4 Å². The highest BCUT2D eigenvalue weighted by molar-refractivity contribution is 7.99. The summed E-state index contributed by atoms with van der Waals surface area (Å²) in [5, 5.41) is 1.33. The minimum Gasteiger partial charge on any atom is -0.382 e. The Labute approximate surface area is 91.2 Å². The third kappa shape index (κ3) is 2.63. The number of nitrogens with zero attached hydrogens (tertiary/aromatic N) is 4. The molecule has 0 unspecified atom stereocenters. The molecule has 2 aromatic rings. The van der Waals surface area contributed by atoms with Crippen molar-refractivity contribution in [1.29, 1.82) is 0 Å². The number of hydrogen-bond donors (Lipinski definition) is 1. The minimum atomic E-state index is 0.395. The van der Waals surface area contributed by atoms with Crippen LogP contribution in [0.5, 0.6) is 0 Å². The molecule has 2 heterocycles.